The molecule has 1 atom stereocenters. The second-order valence-electron chi connectivity index (χ2n) is 4.91. The monoisotopic (exact) mass is 258 g/mol. The SMILES string of the molecule is O=S1CCC(NC2=NCC(C3CC3)S2)CC1. The quantitative estimate of drug-likeness (QED) is 0.813. The second-order valence-corrected chi connectivity index (χ2v) is 7.83. The average Bonchev–Trinajstić information content (AvgIpc) is 3.04. The fourth-order valence-electron chi connectivity index (χ4n) is 2.30. The van der Waals surface area contributed by atoms with Gasteiger partial charge in [-0.2, -0.15) is 0 Å². The van der Waals surface area contributed by atoms with Crippen LogP contribution in [0, 0.1) is 5.92 Å². The zero-order chi connectivity index (χ0) is 11.0. The Morgan fingerprint density at radius 1 is 1.25 bits per heavy atom. The molecule has 1 N–H and O–H groups in total. The molecule has 16 heavy (non-hydrogen) atoms. The molecule has 2 heterocycles. The van der Waals surface area contributed by atoms with Crippen molar-refractivity contribution >= 4 is 27.7 Å². The highest BCUT2D eigenvalue weighted by Gasteiger charge is 2.35. The van der Waals surface area contributed by atoms with Crippen molar-refractivity contribution in [2.24, 2.45) is 10.9 Å². The van der Waals surface area contributed by atoms with E-state index in [-0.39, 0.29) is 0 Å². The Kier molecular flexibility index (Phi) is 3.25. The van der Waals surface area contributed by atoms with Gasteiger partial charge in [0, 0.05) is 33.6 Å². The predicted octanol–water partition coefficient (Wildman–Crippen LogP) is 1.37. The number of nitrogens with zero attached hydrogens (tertiary/aromatic N) is 1. The Bertz CT molecular complexity index is 318. The van der Waals surface area contributed by atoms with Crippen molar-refractivity contribution in [2.45, 2.75) is 37.0 Å². The largest absolute Gasteiger partial charge is 0.362 e. The average molecular weight is 258 g/mol. The Labute approximate surface area is 103 Å². The minimum Gasteiger partial charge on any atom is -0.362 e. The first-order valence-corrected chi connectivity index (χ1v) is 8.50. The molecule has 0 aromatic rings. The van der Waals surface area contributed by atoms with Crippen molar-refractivity contribution in [3.05, 3.63) is 0 Å². The molecule has 0 bridgehead atoms. The number of hydrogen-bond donors (Lipinski definition) is 1. The zero-order valence-corrected chi connectivity index (χ0v) is 11.0. The molecule has 1 unspecified atom stereocenters. The molecule has 3 rings (SSSR count). The Balaban J connectivity index is 1.46. The summed E-state index contributed by atoms with van der Waals surface area (Å²) in [4.78, 5) is 4.58. The molecule has 2 aliphatic heterocycles. The first kappa shape index (κ1) is 11.1. The van der Waals surface area contributed by atoms with E-state index in [0.717, 1.165) is 47.2 Å². The van der Waals surface area contributed by atoms with E-state index >= 15 is 0 Å². The van der Waals surface area contributed by atoms with Gasteiger partial charge in [-0.25, -0.2) is 0 Å². The first-order valence-electron chi connectivity index (χ1n) is 6.14. The highest BCUT2D eigenvalue weighted by molar-refractivity contribution is 8.14. The molecular formula is C11H18N2OS2. The summed E-state index contributed by atoms with van der Waals surface area (Å²) in [7, 11) is -0.555. The van der Waals surface area contributed by atoms with Gasteiger partial charge < -0.3 is 5.32 Å². The number of aliphatic imine (C=N–C) groups is 1. The molecule has 3 nitrogen and oxygen atoms in total. The third-order valence-corrected chi connectivity index (χ3v) is 6.23. The Morgan fingerprint density at radius 2 is 2.00 bits per heavy atom. The van der Waals surface area contributed by atoms with Gasteiger partial charge in [-0.1, -0.05) is 11.8 Å². The van der Waals surface area contributed by atoms with E-state index in [2.05, 4.69) is 10.3 Å². The topological polar surface area (TPSA) is 41.5 Å². The van der Waals surface area contributed by atoms with E-state index in [9.17, 15) is 4.21 Å². The van der Waals surface area contributed by atoms with Crippen LogP contribution in [0.1, 0.15) is 25.7 Å². The summed E-state index contributed by atoms with van der Waals surface area (Å²) in [6.07, 6.45) is 4.90. The van der Waals surface area contributed by atoms with Gasteiger partial charge in [0.05, 0.1) is 6.54 Å². The van der Waals surface area contributed by atoms with Crippen molar-refractivity contribution in [1.29, 1.82) is 0 Å². The summed E-state index contributed by atoms with van der Waals surface area (Å²) in [6.45, 7) is 1.01. The van der Waals surface area contributed by atoms with Crippen LogP contribution < -0.4 is 5.32 Å². The van der Waals surface area contributed by atoms with Crippen LogP contribution in [0.3, 0.4) is 0 Å². The van der Waals surface area contributed by atoms with Crippen molar-refractivity contribution in [1.82, 2.24) is 5.32 Å². The van der Waals surface area contributed by atoms with Crippen LogP contribution in [0.15, 0.2) is 4.99 Å². The Hall–Kier alpha value is -0.0300. The normalized spacial score (nSPS) is 39.5. The Morgan fingerprint density at radius 3 is 2.69 bits per heavy atom. The minimum atomic E-state index is -0.555. The molecule has 0 aromatic heterocycles. The maximum atomic E-state index is 11.2. The maximum Gasteiger partial charge on any atom is 0.157 e. The third kappa shape index (κ3) is 2.62. The van der Waals surface area contributed by atoms with Crippen molar-refractivity contribution < 1.29 is 4.21 Å². The standard InChI is InChI=1S/C11H18N2OS2/c14-16-5-3-9(4-6-16)13-11-12-7-10(15-11)8-1-2-8/h8-10H,1-7H2,(H,12,13). The van der Waals surface area contributed by atoms with E-state index in [0.29, 0.717) is 6.04 Å². The summed E-state index contributed by atoms with van der Waals surface area (Å²) < 4.78 is 11.2. The molecular weight excluding hydrogens is 240 g/mol. The van der Waals surface area contributed by atoms with E-state index in [1.54, 1.807) is 0 Å². The predicted molar refractivity (Wildman–Crippen MR) is 70.4 cm³/mol. The van der Waals surface area contributed by atoms with Crippen molar-refractivity contribution in [3.63, 3.8) is 0 Å². The lowest BCUT2D eigenvalue weighted by Gasteiger charge is -2.23. The highest BCUT2D eigenvalue weighted by atomic mass is 32.2. The fraction of sp³-hybridized carbons (Fsp3) is 0.909. The van der Waals surface area contributed by atoms with Crippen LogP contribution in [-0.2, 0) is 10.8 Å². The maximum absolute atomic E-state index is 11.2. The van der Waals surface area contributed by atoms with Crippen LogP contribution in [-0.4, -0.2) is 38.7 Å². The summed E-state index contributed by atoms with van der Waals surface area (Å²) >= 11 is 1.94. The van der Waals surface area contributed by atoms with Crippen LogP contribution in [0.4, 0.5) is 0 Å². The summed E-state index contributed by atoms with van der Waals surface area (Å²) in [5.41, 5.74) is 0. The smallest absolute Gasteiger partial charge is 0.157 e. The molecule has 0 radical (unpaired) electrons. The van der Waals surface area contributed by atoms with Gasteiger partial charge in [0.15, 0.2) is 5.17 Å². The molecule has 0 spiro atoms. The van der Waals surface area contributed by atoms with Gasteiger partial charge in [0.25, 0.3) is 0 Å². The highest BCUT2D eigenvalue weighted by Crippen LogP contribution is 2.41. The van der Waals surface area contributed by atoms with Gasteiger partial charge in [0.2, 0.25) is 0 Å². The molecule has 5 heteroatoms. The van der Waals surface area contributed by atoms with E-state index < -0.39 is 10.8 Å². The molecule has 90 valence electrons. The van der Waals surface area contributed by atoms with Gasteiger partial charge in [-0.15, -0.1) is 0 Å². The molecule has 1 saturated carbocycles. The number of hydrogen-bond acceptors (Lipinski definition) is 4. The van der Waals surface area contributed by atoms with Gasteiger partial charge >= 0.3 is 0 Å². The summed E-state index contributed by atoms with van der Waals surface area (Å²) in [5.74, 6) is 2.66. The summed E-state index contributed by atoms with van der Waals surface area (Å²) in [5, 5.41) is 5.43. The lowest BCUT2D eigenvalue weighted by Crippen LogP contribution is -2.38. The van der Waals surface area contributed by atoms with Crippen LogP contribution in [0.5, 0.6) is 0 Å². The van der Waals surface area contributed by atoms with Gasteiger partial charge in [0.1, 0.15) is 0 Å². The van der Waals surface area contributed by atoms with E-state index in [1.807, 2.05) is 11.8 Å². The number of rotatable bonds is 2. The lowest BCUT2D eigenvalue weighted by atomic mass is 10.2. The fourth-order valence-corrected chi connectivity index (χ4v) is 4.88. The number of thioether (sulfide) groups is 1. The third-order valence-electron chi connectivity index (χ3n) is 3.54. The second kappa shape index (κ2) is 4.69. The van der Waals surface area contributed by atoms with Crippen LogP contribution in [0.25, 0.3) is 0 Å². The van der Waals surface area contributed by atoms with Crippen LogP contribution >= 0.6 is 11.8 Å². The van der Waals surface area contributed by atoms with Gasteiger partial charge in [-0.05, 0) is 31.6 Å². The van der Waals surface area contributed by atoms with E-state index in [1.165, 1.54) is 12.8 Å². The molecule has 1 saturated heterocycles. The number of amidine groups is 1. The van der Waals surface area contributed by atoms with Gasteiger partial charge in [-0.3, -0.25) is 9.20 Å². The zero-order valence-electron chi connectivity index (χ0n) is 9.35. The first-order chi connectivity index (χ1) is 7.81. The van der Waals surface area contributed by atoms with Crippen molar-refractivity contribution in [3.8, 4) is 0 Å². The molecule has 0 aromatic carbocycles. The molecule has 0 amide bonds. The van der Waals surface area contributed by atoms with E-state index in [4.69, 9.17) is 0 Å². The minimum absolute atomic E-state index is 0.516. The summed E-state index contributed by atoms with van der Waals surface area (Å²) in [6, 6.07) is 0.516. The molecule has 1 aliphatic carbocycles. The van der Waals surface area contributed by atoms with Crippen LogP contribution in [0.2, 0.25) is 0 Å². The lowest BCUT2D eigenvalue weighted by molar-refractivity contribution is 0.554. The number of nitrogens with one attached hydrogen (secondary N) is 1. The van der Waals surface area contributed by atoms with Crippen molar-refractivity contribution in [2.75, 3.05) is 18.1 Å². The molecule has 2 fully saturated rings. The molecule has 3 aliphatic rings.